The van der Waals surface area contributed by atoms with Crippen molar-refractivity contribution in [2.24, 2.45) is 5.92 Å². The topological polar surface area (TPSA) is 43.3 Å². The predicted octanol–water partition coefficient (Wildman–Crippen LogP) is 5.00. The van der Waals surface area contributed by atoms with Crippen LogP contribution in [0.15, 0.2) is 57.9 Å². The summed E-state index contributed by atoms with van der Waals surface area (Å²) in [4.78, 5) is 12.8. The molecule has 152 valence electrons. The van der Waals surface area contributed by atoms with E-state index in [1.54, 1.807) is 11.7 Å². The Morgan fingerprint density at radius 2 is 1.83 bits per heavy atom. The summed E-state index contributed by atoms with van der Waals surface area (Å²) < 4.78 is 13.3. The van der Waals surface area contributed by atoms with Gasteiger partial charge in [-0.3, -0.25) is 0 Å². The predicted molar refractivity (Wildman–Crippen MR) is 114 cm³/mol. The quantitative estimate of drug-likeness (QED) is 0.574. The largest absolute Gasteiger partial charge is 0.602 e. The lowest BCUT2D eigenvalue weighted by atomic mass is 9.77. The zero-order chi connectivity index (χ0) is 20.4. The fourth-order valence-corrected chi connectivity index (χ4v) is 4.57. The van der Waals surface area contributed by atoms with E-state index < -0.39 is 0 Å². The van der Waals surface area contributed by atoms with Crippen LogP contribution in [-0.2, 0) is 12.0 Å². The first-order valence-corrected chi connectivity index (χ1v) is 10.6. The van der Waals surface area contributed by atoms with E-state index in [0.29, 0.717) is 11.5 Å². The molecule has 0 aliphatic heterocycles. The van der Waals surface area contributed by atoms with E-state index in [1.165, 1.54) is 32.1 Å². The van der Waals surface area contributed by atoms with Gasteiger partial charge in [-0.25, -0.2) is 0 Å². The molecule has 1 aromatic heterocycles. The summed E-state index contributed by atoms with van der Waals surface area (Å²) in [5.74, 6) is 1.05. The van der Waals surface area contributed by atoms with E-state index in [1.807, 2.05) is 36.5 Å². The fourth-order valence-electron chi connectivity index (χ4n) is 4.57. The first kappa shape index (κ1) is 19.7. The van der Waals surface area contributed by atoms with Crippen LogP contribution in [0.25, 0.3) is 11.0 Å². The number of aromatic nitrogens is 1. The zero-order valence-electron chi connectivity index (χ0n) is 17.6. The van der Waals surface area contributed by atoms with Crippen LogP contribution in [0, 0.1) is 5.92 Å². The maximum Gasteiger partial charge on any atom is 0.602 e. The van der Waals surface area contributed by atoms with Gasteiger partial charge in [-0.1, -0.05) is 63.4 Å². The maximum absolute atomic E-state index is 12.8. The number of hydrogen-bond acceptors (Lipinski definition) is 3. The van der Waals surface area contributed by atoms with Crippen LogP contribution in [0.5, 0.6) is 5.75 Å². The smallest absolute Gasteiger partial charge is 0.497 e. The third-order valence-electron chi connectivity index (χ3n) is 6.39. The molecule has 0 unspecified atom stereocenters. The van der Waals surface area contributed by atoms with Crippen LogP contribution < -0.4 is 15.1 Å². The first-order chi connectivity index (χ1) is 14.0. The van der Waals surface area contributed by atoms with Gasteiger partial charge in [-0.2, -0.15) is 4.79 Å². The maximum atomic E-state index is 12.8. The van der Waals surface area contributed by atoms with Gasteiger partial charge in [0, 0.05) is 16.9 Å². The Bertz CT molecular complexity index is 1050. The molecule has 1 heterocycles. The second kappa shape index (κ2) is 8.02. The van der Waals surface area contributed by atoms with E-state index >= 15 is 0 Å². The highest BCUT2D eigenvalue weighted by atomic mass is 16.5. The molecule has 1 aliphatic carbocycles. The standard InChI is InChI=1S/C25H30NO3/c1-25(2,20-12-8-5-9-13-20)22-15-21(28-3)14-19-17-26(24(27)29-23(19)22)16-18-10-6-4-7-11-18/h5,8-9,12-15,17-18H,4,6-7,10-11,16H2,1-3H3/q+1. The van der Waals surface area contributed by atoms with Crippen LogP contribution in [0.1, 0.15) is 57.1 Å². The molecule has 0 atom stereocenters. The van der Waals surface area contributed by atoms with Gasteiger partial charge < -0.3 is 9.15 Å². The minimum Gasteiger partial charge on any atom is -0.497 e. The number of benzene rings is 2. The van der Waals surface area contributed by atoms with Gasteiger partial charge in [-0.15, -0.1) is 4.57 Å². The Hall–Kier alpha value is -2.62. The average Bonchev–Trinajstić information content (AvgIpc) is 2.75. The Labute approximate surface area is 172 Å². The number of ether oxygens (including phenoxy) is 1. The van der Waals surface area contributed by atoms with Crippen LogP contribution in [0.3, 0.4) is 0 Å². The summed E-state index contributed by atoms with van der Waals surface area (Å²) in [7, 11) is 1.68. The van der Waals surface area contributed by atoms with Crippen LogP contribution in [-0.4, -0.2) is 7.11 Å². The number of rotatable bonds is 5. The highest BCUT2D eigenvalue weighted by molar-refractivity contribution is 5.82. The minimum absolute atomic E-state index is 0.279. The van der Waals surface area contributed by atoms with Gasteiger partial charge in [0.05, 0.1) is 12.5 Å². The summed E-state index contributed by atoms with van der Waals surface area (Å²) in [6.45, 7) is 5.03. The lowest BCUT2D eigenvalue weighted by molar-refractivity contribution is -0.726. The third kappa shape index (κ3) is 3.93. The molecule has 3 aromatic rings. The summed E-state index contributed by atoms with van der Waals surface area (Å²) in [5.41, 5.74) is 2.43. The van der Waals surface area contributed by atoms with E-state index in [4.69, 9.17) is 9.15 Å². The Morgan fingerprint density at radius 3 is 2.52 bits per heavy atom. The van der Waals surface area contributed by atoms with E-state index in [-0.39, 0.29) is 11.2 Å². The molecule has 1 aliphatic rings. The molecule has 4 heteroatoms. The van der Waals surface area contributed by atoms with Gasteiger partial charge in [-0.05, 0) is 30.5 Å². The number of fused-ring (bicyclic) bond motifs is 1. The number of hydrogen-bond donors (Lipinski definition) is 0. The van der Waals surface area contributed by atoms with Crippen LogP contribution in [0.4, 0.5) is 0 Å². The average molecular weight is 393 g/mol. The number of methoxy groups -OCH3 is 1. The molecular weight excluding hydrogens is 362 g/mol. The molecule has 0 radical (unpaired) electrons. The molecule has 0 N–H and O–H groups in total. The molecule has 29 heavy (non-hydrogen) atoms. The second-order valence-electron chi connectivity index (χ2n) is 8.74. The summed E-state index contributed by atoms with van der Waals surface area (Å²) in [5, 5.41) is 0.902. The Kier molecular flexibility index (Phi) is 5.44. The van der Waals surface area contributed by atoms with Crippen molar-refractivity contribution in [1.29, 1.82) is 0 Å². The van der Waals surface area contributed by atoms with E-state index in [9.17, 15) is 4.79 Å². The first-order valence-electron chi connectivity index (χ1n) is 10.6. The van der Waals surface area contributed by atoms with E-state index in [0.717, 1.165) is 28.8 Å². The van der Waals surface area contributed by atoms with Crippen molar-refractivity contribution in [2.45, 2.75) is 57.9 Å². The molecule has 0 amide bonds. The highest BCUT2D eigenvalue weighted by Gasteiger charge is 2.29. The molecule has 2 aromatic carbocycles. The van der Waals surface area contributed by atoms with Gasteiger partial charge >= 0.3 is 5.76 Å². The SMILES string of the molecule is COc1cc(C(C)(C)c2ccccc2)c2oc(=O)[n+](CC3CCCCC3)cc2c1. The molecule has 0 bridgehead atoms. The van der Waals surface area contributed by atoms with Gasteiger partial charge in [0.2, 0.25) is 0 Å². The third-order valence-corrected chi connectivity index (χ3v) is 6.39. The molecular formula is C25H30NO3+. The molecule has 4 nitrogen and oxygen atoms in total. The molecule has 0 spiro atoms. The Balaban J connectivity index is 1.83. The van der Waals surface area contributed by atoms with Crippen molar-refractivity contribution in [1.82, 2.24) is 0 Å². The van der Waals surface area contributed by atoms with Gasteiger partial charge in [0.15, 0.2) is 18.3 Å². The molecule has 1 saturated carbocycles. The summed E-state index contributed by atoms with van der Waals surface area (Å²) in [6, 6.07) is 14.2. The van der Waals surface area contributed by atoms with Crippen molar-refractivity contribution in [2.75, 3.05) is 7.11 Å². The zero-order valence-corrected chi connectivity index (χ0v) is 17.6. The monoisotopic (exact) mass is 392 g/mol. The van der Waals surface area contributed by atoms with Crippen molar-refractivity contribution in [3.05, 3.63) is 70.3 Å². The lowest BCUT2D eigenvalue weighted by Gasteiger charge is -2.26. The van der Waals surface area contributed by atoms with Crippen molar-refractivity contribution < 1.29 is 13.7 Å². The second-order valence-corrected chi connectivity index (χ2v) is 8.74. The minimum atomic E-state index is -0.334. The fraction of sp³-hybridized carbons (Fsp3) is 0.440. The van der Waals surface area contributed by atoms with Crippen molar-refractivity contribution >= 4 is 11.0 Å². The molecule has 0 saturated heterocycles. The molecule has 1 fully saturated rings. The highest BCUT2D eigenvalue weighted by Crippen LogP contribution is 2.37. The van der Waals surface area contributed by atoms with E-state index in [2.05, 4.69) is 26.0 Å². The van der Waals surface area contributed by atoms with Crippen LogP contribution in [0.2, 0.25) is 0 Å². The lowest BCUT2D eigenvalue weighted by Crippen LogP contribution is -2.51. The normalized spacial score (nSPS) is 15.6. The van der Waals surface area contributed by atoms with Gasteiger partial charge in [0.25, 0.3) is 0 Å². The Morgan fingerprint density at radius 1 is 1.10 bits per heavy atom. The van der Waals surface area contributed by atoms with Crippen molar-refractivity contribution in [3.8, 4) is 5.75 Å². The van der Waals surface area contributed by atoms with Gasteiger partial charge in [0.1, 0.15) is 5.75 Å². The number of nitrogens with zero attached hydrogens (tertiary/aromatic N) is 1. The van der Waals surface area contributed by atoms with Crippen molar-refractivity contribution in [3.63, 3.8) is 0 Å². The summed E-state index contributed by atoms with van der Waals surface area (Å²) >= 11 is 0. The molecule has 4 rings (SSSR count). The van der Waals surface area contributed by atoms with Crippen LogP contribution >= 0.6 is 0 Å². The summed E-state index contributed by atoms with van der Waals surface area (Å²) in [6.07, 6.45) is 8.15.